The van der Waals surface area contributed by atoms with Crippen molar-refractivity contribution in [2.45, 2.75) is 25.7 Å². The molecule has 0 aromatic heterocycles. The second-order valence-electron chi connectivity index (χ2n) is 6.78. The Kier molecular flexibility index (Phi) is 9.81. The molecule has 0 aliphatic heterocycles. The molecule has 168 valence electrons. The monoisotopic (exact) mass is 448 g/mol. The third kappa shape index (κ3) is 7.56. The van der Waals surface area contributed by atoms with Gasteiger partial charge in [0.25, 0.3) is 0 Å². The normalized spacial score (nSPS) is 10.8. The summed E-state index contributed by atoms with van der Waals surface area (Å²) in [6, 6.07) is 9.42. The van der Waals surface area contributed by atoms with Crippen LogP contribution in [0.5, 0.6) is 11.5 Å². The van der Waals surface area contributed by atoms with Crippen LogP contribution in [0.1, 0.15) is 31.1 Å². The van der Waals surface area contributed by atoms with Crippen molar-refractivity contribution in [3.8, 4) is 11.5 Å². The van der Waals surface area contributed by atoms with Crippen molar-refractivity contribution in [2.24, 2.45) is 0 Å². The first kappa shape index (κ1) is 24.7. The number of benzene rings is 2. The van der Waals surface area contributed by atoms with Crippen LogP contribution in [-0.2, 0) is 4.79 Å². The molecule has 6 nitrogen and oxygen atoms in total. The van der Waals surface area contributed by atoms with Crippen molar-refractivity contribution in [1.29, 1.82) is 0 Å². The number of ketones is 1. The van der Waals surface area contributed by atoms with Gasteiger partial charge in [0.1, 0.15) is 12.4 Å². The van der Waals surface area contributed by atoms with Gasteiger partial charge in [0.05, 0.1) is 12.9 Å². The molecule has 0 radical (unpaired) electrons. The van der Waals surface area contributed by atoms with Crippen LogP contribution in [0.2, 0.25) is 0 Å². The minimum Gasteiger partial charge on any atom is -0.493 e. The molecule has 0 fully saturated rings. The smallest absolute Gasteiger partial charge is 0.234 e. The lowest BCUT2D eigenvalue weighted by molar-refractivity contribution is -0.113. The summed E-state index contributed by atoms with van der Waals surface area (Å²) in [7, 11) is 1.56. The number of ether oxygens (including phenoxy) is 2. The SMILES string of the molecule is CCN(CC)CCOc1cc(NC(=O)CSc2ccc(C(C)=O)cc2F)ccc1OC. The molecule has 0 unspecified atom stereocenters. The quantitative estimate of drug-likeness (QED) is 0.381. The maximum absolute atomic E-state index is 14.1. The van der Waals surface area contributed by atoms with Crippen molar-refractivity contribution < 1.29 is 23.5 Å². The van der Waals surface area contributed by atoms with E-state index in [1.807, 2.05) is 0 Å². The Morgan fingerprint density at radius 3 is 2.45 bits per heavy atom. The number of likely N-dealkylation sites (N-methyl/N-ethyl adjacent to an activating group) is 1. The van der Waals surface area contributed by atoms with Gasteiger partial charge in [0.15, 0.2) is 17.3 Å². The maximum atomic E-state index is 14.1. The number of Topliss-reactive ketones (excluding diaryl/α,β-unsaturated/α-hetero) is 1. The van der Waals surface area contributed by atoms with Gasteiger partial charge >= 0.3 is 0 Å². The Bertz CT molecular complexity index is 903. The molecular formula is C23H29FN2O4S. The molecular weight excluding hydrogens is 419 g/mol. The van der Waals surface area contributed by atoms with Crippen molar-refractivity contribution in [3.05, 3.63) is 47.8 Å². The summed E-state index contributed by atoms with van der Waals surface area (Å²) in [5.41, 5.74) is 0.870. The molecule has 0 heterocycles. The molecule has 0 spiro atoms. The summed E-state index contributed by atoms with van der Waals surface area (Å²) in [4.78, 5) is 26.2. The van der Waals surface area contributed by atoms with E-state index >= 15 is 0 Å². The van der Waals surface area contributed by atoms with E-state index < -0.39 is 5.82 Å². The summed E-state index contributed by atoms with van der Waals surface area (Å²) in [5.74, 6) is 0.159. The van der Waals surface area contributed by atoms with Crippen molar-refractivity contribution in [3.63, 3.8) is 0 Å². The summed E-state index contributed by atoms with van der Waals surface area (Å²) < 4.78 is 25.3. The number of anilines is 1. The van der Waals surface area contributed by atoms with Gasteiger partial charge in [0, 0.05) is 28.8 Å². The lowest BCUT2D eigenvalue weighted by Crippen LogP contribution is -2.28. The van der Waals surface area contributed by atoms with Crippen molar-refractivity contribution >= 4 is 29.1 Å². The van der Waals surface area contributed by atoms with Crippen LogP contribution in [0.4, 0.5) is 10.1 Å². The first-order valence-electron chi connectivity index (χ1n) is 10.1. The molecule has 0 atom stereocenters. The van der Waals surface area contributed by atoms with Crippen LogP contribution >= 0.6 is 11.8 Å². The first-order valence-corrected chi connectivity index (χ1v) is 11.1. The molecule has 0 bridgehead atoms. The van der Waals surface area contributed by atoms with Crippen LogP contribution < -0.4 is 14.8 Å². The highest BCUT2D eigenvalue weighted by molar-refractivity contribution is 8.00. The van der Waals surface area contributed by atoms with Crippen LogP contribution in [0.15, 0.2) is 41.3 Å². The molecule has 0 saturated carbocycles. The van der Waals surface area contributed by atoms with Gasteiger partial charge in [-0.25, -0.2) is 4.39 Å². The zero-order valence-electron chi connectivity index (χ0n) is 18.4. The number of amides is 1. The van der Waals surface area contributed by atoms with E-state index in [2.05, 4.69) is 24.1 Å². The molecule has 0 saturated heterocycles. The number of nitrogens with zero attached hydrogens (tertiary/aromatic N) is 1. The fourth-order valence-corrected chi connectivity index (χ4v) is 3.59. The molecule has 0 aliphatic rings. The van der Waals surface area contributed by atoms with Gasteiger partial charge in [-0.05, 0) is 44.3 Å². The van der Waals surface area contributed by atoms with Crippen LogP contribution in [0.3, 0.4) is 0 Å². The number of carbonyl (C=O) groups excluding carboxylic acids is 2. The Balaban J connectivity index is 1.95. The van der Waals surface area contributed by atoms with E-state index in [0.717, 1.165) is 31.4 Å². The van der Waals surface area contributed by atoms with E-state index in [9.17, 15) is 14.0 Å². The number of hydrogen-bond acceptors (Lipinski definition) is 6. The summed E-state index contributed by atoms with van der Waals surface area (Å²) in [6.07, 6.45) is 0. The Hall–Kier alpha value is -2.58. The first-order chi connectivity index (χ1) is 14.9. The molecule has 2 rings (SSSR count). The van der Waals surface area contributed by atoms with Crippen LogP contribution in [-0.4, -0.2) is 55.7 Å². The minimum atomic E-state index is -0.515. The lowest BCUT2D eigenvalue weighted by Gasteiger charge is -2.19. The third-order valence-corrected chi connectivity index (χ3v) is 5.75. The fourth-order valence-electron chi connectivity index (χ4n) is 2.87. The van der Waals surface area contributed by atoms with E-state index in [4.69, 9.17) is 9.47 Å². The van der Waals surface area contributed by atoms with Gasteiger partial charge in [-0.1, -0.05) is 19.9 Å². The zero-order chi connectivity index (χ0) is 22.8. The average Bonchev–Trinajstić information content (AvgIpc) is 2.76. The molecule has 2 aromatic carbocycles. The Morgan fingerprint density at radius 2 is 1.84 bits per heavy atom. The van der Waals surface area contributed by atoms with Crippen LogP contribution in [0.25, 0.3) is 0 Å². The number of methoxy groups -OCH3 is 1. The standard InChI is InChI=1S/C23H29FN2O4S/c1-5-26(6-2)11-12-30-21-14-18(8-9-20(21)29-4)25-23(28)15-31-22-10-7-17(16(3)27)13-19(22)24/h7-10,13-14H,5-6,11-12,15H2,1-4H3,(H,25,28). The largest absolute Gasteiger partial charge is 0.493 e. The molecule has 1 N–H and O–H groups in total. The maximum Gasteiger partial charge on any atom is 0.234 e. The lowest BCUT2D eigenvalue weighted by atomic mass is 10.1. The second-order valence-corrected chi connectivity index (χ2v) is 7.80. The summed E-state index contributed by atoms with van der Waals surface area (Å²) in [6.45, 7) is 8.76. The molecule has 1 amide bonds. The van der Waals surface area contributed by atoms with Gasteiger partial charge in [-0.3, -0.25) is 9.59 Å². The van der Waals surface area contributed by atoms with E-state index in [1.54, 1.807) is 31.4 Å². The number of rotatable bonds is 12. The number of carbonyl (C=O) groups is 2. The number of hydrogen-bond donors (Lipinski definition) is 1. The predicted molar refractivity (Wildman–Crippen MR) is 122 cm³/mol. The molecule has 8 heteroatoms. The highest BCUT2D eigenvalue weighted by Gasteiger charge is 2.12. The highest BCUT2D eigenvalue weighted by atomic mass is 32.2. The highest BCUT2D eigenvalue weighted by Crippen LogP contribution is 2.30. The number of thioether (sulfide) groups is 1. The number of halogens is 1. The van der Waals surface area contributed by atoms with Gasteiger partial charge < -0.3 is 19.7 Å². The summed E-state index contributed by atoms with van der Waals surface area (Å²) in [5, 5.41) is 2.79. The minimum absolute atomic E-state index is 0.0283. The molecule has 31 heavy (non-hydrogen) atoms. The van der Waals surface area contributed by atoms with Gasteiger partial charge in [0.2, 0.25) is 5.91 Å². The van der Waals surface area contributed by atoms with Crippen molar-refractivity contribution in [1.82, 2.24) is 4.90 Å². The summed E-state index contributed by atoms with van der Waals surface area (Å²) >= 11 is 1.07. The zero-order valence-corrected chi connectivity index (χ0v) is 19.2. The third-order valence-electron chi connectivity index (χ3n) is 4.70. The van der Waals surface area contributed by atoms with Crippen LogP contribution in [0, 0.1) is 5.82 Å². The predicted octanol–water partition coefficient (Wildman–Crippen LogP) is 4.49. The second kappa shape index (κ2) is 12.3. The van der Waals surface area contributed by atoms with Crippen molar-refractivity contribution in [2.75, 3.05) is 44.4 Å². The average molecular weight is 449 g/mol. The Morgan fingerprint density at radius 1 is 1.10 bits per heavy atom. The topological polar surface area (TPSA) is 67.9 Å². The van der Waals surface area contributed by atoms with E-state index in [1.165, 1.54) is 19.1 Å². The fraction of sp³-hybridized carbons (Fsp3) is 0.391. The molecule has 0 aliphatic carbocycles. The van der Waals surface area contributed by atoms with Gasteiger partial charge in [-0.15, -0.1) is 11.8 Å². The number of nitrogens with one attached hydrogen (secondary N) is 1. The molecule has 2 aromatic rings. The van der Waals surface area contributed by atoms with E-state index in [0.29, 0.717) is 34.3 Å². The van der Waals surface area contributed by atoms with E-state index in [-0.39, 0.29) is 17.4 Å². The van der Waals surface area contributed by atoms with Gasteiger partial charge in [-0.2, -0.15) is 0 Å². The Labute approximate surface area is 187 Å².